The van der Waals surface area contributed by atoms with Crippen LogP contribution in [-0.4, -0.2) is 16.0 Å². The Morgan fingerprint density at radius 2 is 1.96 bits per heavy atom. The quantitative estimate of drug-likeness (QED) is 0.463. The standard InChI is InChI=1S/C18H9Cl2FN2O3/c19-10-2-1-9(6-11(10)20)23-18(25)16-13-7-12(24)17(26-13)15(16)8-3-4-22-14(21)5-8/h1-7,24H,(H,23,25). The fourth-order valence-electron chi connectivity index (χ4n) is 2.75. The van der Waals surface area contributed by atoms with Gasteiger partial charge in [0.15, 0.2) is 11.3 Å². The van der Waals surface area contributed by atoms with Crippen LogP contribution in [-0.2, 0) is 0 Å². The molecule has 4 aromatic rings. The average Bonchev–Trinajstić information content (AvgIpc) is 3.15. The zero-order valence-corrected chi connectivity index (χ0v) is 14.4. The summed E-state index contributed by atoms with van der Waals surface area (Å²) in [6.07, 6.45) is 1.27. The Bertz CT molecular complexity index is 1140. The van der Waals surface area contributed by atoms with Crippen LogP contribution in [0.4, 0.5) is 10.1 Å². The number of nitrogens with zero attached hydrogens (tertiary/aromatic N) is 1. The minimum Gasteiger partial charge on any atom is -0.504 e. The highest BCUT2D eigenvalue weighted by atomic mass is 35.5. The van der Waals surface area contributed by atoms with E-state index < -0.39 is 11.9 Å². The number of hydrogen-bond acceptors (Lipinski definition) is 4. The van der Waals surface area contributed by atoms with Crippen LogP contribution < -0.4 is 5.32 Å². The fraction of sp³-hybridized carbons (Fsp3) is 0. The molecule has 0 fully saturated rings. The summed E-state index contributed by atoms with van der Waals surface area (Å²) in [5.74, 6) is -1.33. The molecule has 0 aliphatic carbocycles. The summed E-state index contributed by atoms with van der Waals surface area (Å²) in [6.45, 7) is 0. The third-order valence-corrected chi connectivity index (χ3v) is 4.59. The first-order chi connectivity index (χ1) is 12.4. The third-order valence-electron chi connectivity index (χ3n) is 3.86. The number of carbonyl (C=O) groups excluding carboxylic acids is 1. The minimum atomic E-state index is -0.712. The van der Waals surface area contributed by atoms with Crippen molar-refractivity contribution in [1.29, 1.82) is 0 Å². The Hall–Kier alpha value is -2.83. The smallest absolute Gasteiger partial charge is 0.260 e. The Labute approximate surface area is 156 Å². The summed E-state index contributed by atoms with van der Waals surface area (Å²) in [4.78, 5) is 16.3. The zero-order valence-electron chi connectivity index (χ0n) is 12.9. The number of hydrogen-bond donors (Lipinski definition) is 2. The van der Waals surface area contributed by atoms with Crippen molar-refractivity contribution < 1.29 is 18.7 Å². The molecule has 26 heavy (non-hydrogen) atoms. The molecule has 2 bridgehead atoms. The number of nitrogens with one attached hydrogen (secondary N) is 1. The summed E-state index contributed by atoms with van der Waals surface area (Å²) >= 11 is 11.8. The predicted octanol–water partition coefficient (Wildman–Crippen LogP) is 5.34. The van der Waals surface area contributed by atoms with E-state index >= 15 is 0 Å². The normalized spacial score (nSPS) is 11.2. The van der Waals surface area contributed by atoms with Gasteiger partial charge in [0.1, 0.15) is 5.58 Å². The number of phenolic OH excluding ortho intramolecular Hbond substituents is 1. The molecule has 2 N–H and O–H groups in total. The van der Waals surface area contributed by atoms with Crippen molar-refractivity contribution in [1.82, 2.24) is 4.98 Å². The Morgan fingerprint density at radius 1 is 1.15 bits per heavy atom. The molecule has 0 aliphatic heterocycles. The number of halogens is 3. The highest BCUT2D eigenvalue weighted by Crippen LogP contribution is 2.43. The molecule has 8 heteroatoms. The van der Waals surface area contributed by atoms with E-state index in [-0.39, 0.29) is 22.5 Å². The van der Waals surface area contributed by atoms with Crippen molar-refractivity contribution in [3.8, 4) is 16.9 Å². The van der Waals surface area contributed by atoms with Crippen molar-refractivity contribution in [3.63, 3.8) is 0 Å². The van der Waals surface area contributed by atoms with Crippen molar-refractivity contribution in [3.05, 3.63) is 64.2 Å². The van der Waals surface area contributed by atoms with E-state index in [1.54, 1.807) is 12.1 Å². The van der Waals surface area contributed by atoms with Gasteiger partial charge in [-0.05, 0) is 29.8 Å². The van der Waals surface area contributed by atoms with Gasteiger partial charge in [-0.15, -0.1) is 0 Å². The molecule has 4 rings (SSSR count). The van der Waals surface area contributed by atoms with E-state index in [1.807, 2.05) is 0 Å². The van der Waals surface area contributed by atoms with Gasteiger partial charge in [0, 0.05) is 29.6 Å². The van der Waals surface area contributed by atoms with Crippen molar-refractivity contribution in [2.75, 3.05) is 5.32 Å². The Balaban J connectivity index is 1.79. The van der Waals surface area contributed by atoms with E-state index in [2.05, 4.69) is 10.3 Å². The molecule has 0 aliphatic rings. The third kappa shape index (κ3) is 2.73. The maximum absolute atomic E-state index is 13.5. The minimum absolute atomic E-state index is 0.102. The molecule has 5 nitrogen and oxygen atoms in total. The van der Waals surface area contributed by atoms with Crippen LogP contribution in [0.2, 0.25) is 10.0 Å². The number of rotatable bonds is 3. The maximum atomic E-state index is 13.5. The Morgan fingerprint density at radius 3 is 2.69 bits per heavy atom. The summed E-state index contributed by atoms with van der Waals surface area (Å²) in [5.41, 5.74) is 1.54. The second kappa shape index (κ2) is 6.16. The topological polar surface area (TPSA) is 75.4 Å². The van der Waals surface area contributed by atoms with Crippen LogP contribution in [0.3, 0.4) is 0 Å². The second-order valence-electron chi connectivity index (χ2n) is 5.53. The summed E-state index contributed by atoms with van der Waals surface area (Å²) in [5, 5.41) is 13.3. The van der Waals surface area contributed by atoms with Gasteiger partial charge in [-0.25, -0.2) is 4.98 Å². The highest BCUT2D eigenvalue weighted by molar-refractivity contribution is 6.42. The van der Waals surface area contributed by atoms with Crippen LogP contribution in [0.25, 0.3) is 22.3 Å². The van der Waals surface area contributed by atoms with E-state index in [0.29, 0.717) is 26.9 Å². The molecule has 0 unspecified atom stereocenters. The lowest BCUT2D eigenvalue weighted by atomic mass is 9.99. The van der Waals surface area contributed by atoms with Crippen molar-refractivity contribution >= 4 is 46.0 Å². The number of pyridine rings is 1. The summed E-state index contributed by atoms with van der Waals surface area (Å²) in [7, 11) is 0. The van der Waals surface area contributed by atoms with Crippen LogP contribution in [0.5, 0.6) is 5.75 Å². The lowest BCUT2D eigenvalue weighted by molar-refractivity contribution is 0.102. The summed E-state index contributed by atoms with van der Waals surface area (Å²) in [6, 6.07) is 8.67. The van der Waals surface area contributed by atoms with Gasteiger partial charge >= 0.3 is 0 Å². The molecular formula is C18H9Cl2FN2O3. The number of benzene rings is 2. The van der Waals surface area contributed by atoms with Crippen LogP contribution in [0.1, 0.15) is 10.4 Å². The maximum Gasteiger partial charge on any atom is 0.260 e. The van der Waals surface area contributed by atoms with Crippen LogP contribution >= 0.6 is 23.2 Å². The van der Waals surface area contributed by atoms with Gasteiger partial charge in [-0.1, -0.05) is 23.2 Å². The zero-order chi connectivity index (χ0) is 18.4. The van der Waals surface area contributed by atoms with E-state index in [4.69, 9.17) is 27.6 Å². The van der Waals surface area contributed by atoms with E-state index in [0.717, 1.165) is 6.07 Å². The summed E-state index contributed by atoms with van der Waals surface area (Å²) < 4.78 is 19.0. The lowest BCUT2D eigenvalue weighted by Gasteiger charge is -2.09. The van der Waals surface area contributed by atoms with Gasteiger partial charge in [-0.3, -0.25) is 4.79 Å². The SMILES string of the molecule is O=C(Nc1ccc(Cl)c(Cl)c1)c1c(-c2ccnc(F)c2)c2oc1cc2O. The number of aromatic nitrogens is 1. The highest BCUT2D eigenvalue weighted by Gasteiger charge is 2.27. The van der Waals surface area contributed by atoms with Crippen LogP contribution in [0, 0.1) is 5.95 Å². The predicted molar refractivity (Wildman–Crippen MR) is 96.7 cm³/mol. The second-order valence-corrected chi connectivity index (χ2v) is 6.34. The molecule has 1 amide bonds. The number of phenols is 1. The average molecular weight is 391 g/mol. The fourth-order valence-corrected chi connectivity index (χ4v) is 3.04. The molecule has 130 valence electrons. The van der Waals surface area contributed by atoms with Gasteiger partial charge in [0.25, 0.3) is 5.91 Å². The number of furan rings is 2. The van der Waals surface area contributed by atoms with Crippen molar-refractivity contribution in [2.24, 2.45) is 0 Å². The largest absolute Gasteiger partial charge is 0.504 e. The molecule has 0 spiro atoms. The first kappa shape index (κ1) is 16.6. The molecule has 0 radical (unpaired) electrons. The first-order valence-electron chi connectivity index (χ1n) is 7.40. The molecule has 0 saturated heterocycles. The first-order valence-corrected chi connectivity index (χ1v) is 8.16. The molecule has 0 atom stereocenters. The Kier molecular flexibility index (Phi) is 3.94. The number of anilines is 1. The molecule has 3 heterocycles. The molecular weight excluding hydrogens is 382 g/mol. The number of carbonyl (C=O) groups is 1. The van der Waals surface area contributed by atoms with E-state index in [9.17, 15) is 14.3 Å². The number of amides is 1. The van der Waals surface area contributed by atoms with Crippen LogP contribution in [0.15, 0.2) is 47.0 Å². The van der Waals surface area contributed by atoms with Gasteiger partial charge in [-0.2, -0.15) is 4.39 Å². The molecule has 0 saturated carbocycles. The monoisotopic (exact) mass is 390 g/mol. The number of fused-ring (bicyclic) bond motifs is 2. The van der Waals surface area contributed by atoms with Crippen molar-refractivity contribution in [2.45, 2.75) is 0 Å². The molecule has 3 aromatic heterocycles. The van der Waals surface area contributed by atoms with Gasteiger partial charge < -0.3 is 14.8 Å². The van der Waals surface area contributed by atoms with E-state index in [1.165, 1.54) is 24.4 Å². The molecule has 1 aromatic carbocycles. The van der Waals surface area contributed by atoms with Gasteiger partial charge in [0.2, 0.25) is 5.95 Å². The lowest BCUT2D eigenvalue weighted by Crippen LogP contribution is -2.12. The van der Waals surface area contributed by atoms with Gasteiger partial charge in [0.05, 0.1) is 15.6 Å². The number of aromatic hydroxyl groups is 1.